The van der Waals surface area contributed by atoms with E-state index < -0.39 is 0 Å². The summed E-state index contributed by atoms with van der Waals surface area (Å²) in [6, 6.07) is 14.1. The van der Waals surface area contributed by atoms with Crippen molar-refractivity contribution in [2.45, 2.75) is 38.5 Å². The van der Waals surface area contributed by atoms with Crippen LogP contribution in [0.4, 0.5) is 0 Å². The summed E-state index contributed by atoms with van der Waals surface area (Å²) in [6.45, 7) is 8.69. The molecular weight excluding hydrogens is 617 g/mol. The molecule has 0 unspecified atom stereocenters. The number of fused-ring (bicyclic) bond motifs is 9. The minimum Gasteiger partial charge on any atom is -0.288 e. The Morgan fingerprint density at radius 2 is 0.822 bits per heavy atom. The zero-order valence-corrected chi connectivity index (χ0v) is 27.2. The van der Waals surface area contributed by atoms with Crippen LogP contribution < -0.4 is 0 Å². The van der Waals surface area contributed by atoms with Crippen molar-refractivity contribution in [3.8, 4) is 0 Å². The van der Waals surface area contributed by atoms with Crippen LogP contribution in [0.25, 0.3) is 31.0 Å². The van der Waals surface area contributed by atoms with E-state index in [1.54, 1.807) is 82.5 Å². The van der Waals surface area contributed by atoms with E-state index in [0.29, 0.717) is 22.3 Å². The van der Waals surface area contributed by atoms with Crippen LogP contribution in [0.15, 0.2) is 83.0 Å². The highest BCUT2D eigenvalue weighted by atomic mass is 32.1. The molecule has 3 heterocycles. The molecule has 4 aliphatic rings. The molecule has 0 spiro atoms. The Morgan fingerprint density at radius 1 is 0.489 bits per heavy atom. The molecule has 0 saturated carbocycles. The van der Waals surface area contributed by atoms with Gasteiger partial charge in [-0.25, -0.2) is 0 Å². The predicted octanol–water partition coefficient (Wildman–Crippen LogP) is 9.54. The fourth-order valence-corrected chi connectivity index (χ4v) is 12.4. The van der Waals surface area contributed by atoms with Gasteiger partial charge in [-0.2, -0.15) is 0 Å². The summed E-state index contributed by atoms with van der Waals surface area (Å²) in [5.41, 5.74) is 6.07. The van der Waals surface area contributed by atoms with Crippen molar-refractivity contribution in [2.75, 3.05) is 0 Å². The van der Waals surface area contributed by atoms with E-state index in [-0.39, 0.29) is 45.1 Å². The van der Waals surface area contributed by atoms with Crippen molar-refractivity contribution >= 4 is 88.1 Å². The maximum absolute atomic E-state index is 13.2. The quantitative estimate of drug-likeness (QED) is 0.142. The van der Waals surface area contributed by atoms with E-state index in [4.69, 9.17) is 0 Å². The van der Waals surface area contributed by atoms with Gasteiger partial charge in [-0.1, -0.05) is 76.2 Å². The molecule has 0 atom stereocenters. The smallest absolute Gasteiger partial charge is 0.197 e. The number of rotatable bonds is 2. The lowest BCUT2D eigenvalue weighted by molar-refractivity contribution is 0.0973. The van der Waals surface area contributed by atoms with Crippen molar-refractivity contribution in [1.29, 1.82) is 0 Å². The molecule has 9 rings (SSSR count). The number of Topliss-reactive ketones (excluding diaryl/α,β-unsaturated/α-hetero) is 4. The Labute approximate surface area is 270 Å². The van der Waals surface area contributed by atoms with Crippen molar-refractivity contribution in [2.24, 2.45) is 0 Å². The molecule has 3 aromatic heterocycles. The summed E-state index contributed by atoms with van der Waals surface area (Å²) in [6.07, 6.45) is 7.93. The van der Waals surface area contributed by atoms with E-state index >= 15 is 0 Å². The second-order valence-corrected chi connectivity index (χ2v) is 16.2. The lowest BCUT2D eigenvalue weighted by Gasteiger charge is -2.23. The number of thiophene rings is 3. The fraction of sp³-hybridized carbons (Fsp3) is 0.158. The van der Waals surface area contributed by atoms with E-state index in [9.17, 15) is 19.2 Å². The first-order valence-electron chi connectivity index (χ1n) is 14.8. The lowest BCUT2D eigenvalue weighted by Crippen LogP contribution is -2.17. The molecule has 218 valence electrons. The second kappa shape index (κ2) is 8.69. The summed E-state index contributed by atoms with van der Waals surface area (Å²) >= 11 is 5.36. The van der Waals surface area contributed by atoms with Crippen molar-refractivity contribution in [3.05, 3.63) is 126 Å². The van der Waals surface area contributed by atoms with Crippen LogP contribution in [-0.2, 0) is 10.8 Å². The Balaban J connectivity index is 1.12. The number of hydrogen-bond acceptors (Lipinski definition) is 7. The maximum atomic E-state index is 13.2. The minimum atomic E-state index is -0.381. The molecule has 4 nitrogen and oxygen atoms in total. The molecule has 5 aromatic rings. The largest absolute Gasteiger partial charge is 0.288 e. The minimum absolute atomic E-state index is 0.203. The number of ketones is 4. The number of carbonyl (C=O) groups is 4. The first-order valence-corrected chi connectivity index (χ1v) is 17.2. The molecule has 4 aliphatic carbocycles. The van der Waals surface area contributed by atoms with Gasteiger partial charge < -0.3 is 0 Å². The zero-order valence-electron chi connectivity index (χ0n) is 24.8. The lowest BCUT2D eigenvalue weighted by atomic mass is 9.81. The molecule has 0 N–H and O–H groups in total. The normalized spacial score (nSPS) is 18.9. The average Bonchev–Trinajstić information content (AvgIpc) is 3.83. The summed E-state index contributed by atoms with van der Waals surface area (Å²) in [5.74, 6) is -0.814. The first kappa shape index (κ1) is 27.0. The van der Waals surface area contributed by atoms with Crippen molar-refractivity contribution in [3.63, 3.8) is 0 Å². The third kappa shape index (κ3) is 3.35. The third-order valence-electron chi connectivity index (χ3n) is 9.87. The molecule has 0 radical (unpaired) electrons. The van der Waals surface area contributed by atoms with Gasteiger partial charge in [0.25, 0.3) is 0 Å². The fourth-order valence-electron chi connectivity index (χ4n) is 7.34. The Morgan fingerprint density at radius 3 is 1.16 bits per heavy atom. The number of carbonyl (C=O) groups excluding carboxylic acids is 4. The highest BCUT2D eigenvalue weighted by Crippen LogP contribution is 2.59. The van der Waals surface area contributed by atoms with Gasteiger partial charge in [0, 0.05) is 42.8 Å². The SMILES string of the molecule is CC1(C)C(C=C2C(=O)c3ccccc3C2=O)=Cc2sc3c(sc4c5c(sc43)C=C(C=C3C(=O)c4ccccc4C3=O)C5(C)C)c21. The number of allylic oxidation sites excluding steroid dienone is 6. The van der Waals surface area contributed by atoms with Crippen LogP contribution in [0.2, 0.25) is 0 Å². The van der Waals surface area contributed by atoms with Crippen LogP contribution >= 0.6 is 34.0 Å². The summed E-state index contributed by atoms with van der Waals surface area (Å²) < 4.78 is 5.05. The van der Waals surface area contributed by atoms with Crippen molar-refractivity contribution < 1.29 is 19.2 Å². The van der Waals surface area contributed by atoms with Crippen LogP contribution in [0.1, 0.15) is 90.0 Å². The Hall–Kier alpha value is -4.30. The van der Waals surface area contributed by atoms with Gasteiger partial charge in [-0.15, -0.1) is 34.0 Å². The first-order chi connectivity index (χ1) is 21.5. The molecular formula is C38H24O4S3. The van der Waals surface area contributed by atoms with Gasteiger partial charge in [-0.05, 0) is 46.6 Å². The van der Waals surface area contributed by atoms with E-state index in [1.165, 1.54) is 39.7 Å². The summed E-state index contributed by atoms with van der Waals surface area (Å²) in [7, 11) is 0. The molecule has 0 saturated heterocycles. The van der Waals surface area contributed by atoms with Gasteiger partial charge in [0.2, 0.25) is 0 Å². The predicted molar refractivity (Wildman–Crippen MR) is 183 cm³/mol. The molecule has 0 aliphatic heterocycles. The maximum Gasteiger partial charge on any atom is 0.197 e. The topological polar surface area (TPSA) is 68.3 Å². The molecule has 2 aromatic carbocycles. The van der Waals surface area contributed by atoms with Crippen LogP contribution in [0, 0.1) is 0 Å². The average molecular weight is 641 g/mol. The van der Waals surface area contributed by atoms with Crippen molar-refractivity contribution in [1.82, 2.24) is 0 Å². The second-order valence-electron chi connectivity index (χ2n) is 13.1. The third-order valence-corrected chi connectivity index (χ3v) is 13.8. The summed E-state index contributed by atoms with van der Waals surface area (Å²) in [4.78, 5) is 55.0. The van der Waals surface area contributed by atoms with Gasteiger partial charge in [0.05, 0.1) is 29.9 Å². The van der Waals surface area contributed by atoms with Crippen LogP contribution in [0.3, 0.4) is 0 Å². The zero-order chi connectivity index (χ0) is 31.2. The molecule has 7 heteroatoms. The number of benzene rings is 2. The Kier molecular flexibility index (Phi) is 5.23. The highest BCUT2D eigenvalue weighted by molar-refractivity contribution is 7.39. The molecule has 45 heavy (non-hydrogen) atoms. The molecule has 0 amide bonds. The summed E-state index contributed by atoms with van der Waals surface area (Å²) in [5, 5.41) is 0. The monoisotopic (exact) mass is 640 g/mol. The number of hydrogen-bond donors (Lipinski definition) is 0. The van der Waals surface area contributed by atoms with Gasteiger partial charge in [0.1, 0.15) is 0 Å². The van der Waals surface area contributed by atoms with E-state index in [2.05, 4.69) is 39.8 Å². The highest BCUT2D eigenvalue weighted by Gasteiger charge is 2.43. The van der Waals surface area contributed by atoms with Crippen LogP contribution in [0.5, 0.6) is 0 Å². The molecule has 0 fully saturated rings. The Bertz CT molecular complexity index is 2200. The standard InChI is InChI=1S/C38H24O4S3/c1-37(2)17(13-23-29(39)19-9-5-6-10-20(19)30(23)40)15-25-27(37)33-35(43-25)36-34(45-33)28-26(44-36)16-18(38(28,3)4)14-24-31(41)21-11-7-8-12-22(21)32(24)42/h5-16H,1-4H3. The van der Waals surface area contributed by atoms with Gasteiger partial charge in [-0.3, -0.25) is 19.2 Å². The van der Waals surface area contributed by atoms with Crippen LogP contribution in [-0.4, -0.2) is 23.1 Å². The van der Waals surface area contributed by atoms with Gasteiger partial charge >= 0.3 is 0 Å². The van der Waals surface area contributed by atoms with E-state index in [0.717, 1.165) is 11.1 Å². The molecule has 0 bridgehead atoms. The van der Waals surface area contributed by atoms with E-state index in [1.807, 2.05) is 12.2 Å². The van der Waals surface area contributed by atoms with Gasteiger partial charge in [0.15, 0.2) is 23.1 Å².